The second-order valence-electron chi connectivity index (χ2n) is 4.91. The van der Waals surface area contributed by atoms with Crippen LogP contribution in [0.4, 0.5) is 0 Å². The minimum atomic E-state index is 0.493. The van der Waals surface area contributed by atoms with Crippen LogP contribution in [0.25, 0.3) is 0 Å². The van der Waals surface area contributed by atoms with E-state index in [9.17, 15) is 0 Å². The lowest BCUT2D eigenvalue weighted by atomic mass is 10.1. The maximum absolute atomic E-state index is 5.96. The highest BCUT2D eigenvalue weighted by atomic mass is 15.3. The van der Waals surface area contributed by atoms with Crippen LogP contribution in [0.1, 0.15) is 40.0 Å². The minimum absolute atomic E-state index is 0.493. The van der Waals surface area contributed by atoms with Crippen molar-refractivity contribution in [3.05, 3.63) is 0 Å². The largest absolute Gasteiger partial charge is 0.328 e. The highest BCUT2D eigenvalue weighted by Gasteiger charge is 2.30. The van der Waals surface area contributed by atoms with E-state index in [1.807, 2.05) is 0 Å². The lowest BCUT2D eigenvalue weighted by molar-refractivity contribution is -0.926. The van der Waals surface area contributed by atoms with Crippen LogP contribution in [0.5, 0.6) is 0 Å². The van der Waals surface area contributed by atoms with Crippen molar-refractivity contribution >= 4 is 0 Å². The first-order valence-electron chi connectivity index (χ1n) is 6.26. The van der Waals surface area contributed by atoms with E-state index in [0.29, 0.717) is 6.04 Å². The van der Waals surface area contributed by atoms with Gasteiger partial charge in [-0.15, -0.1) is 0 Å². The number of nitrogens with two attached hydrogens (primary N) is 1. The third-order valence-electron chi connectivity index (χ3n) is 4.24. The first-order chi connectivity index (χ1) is 6.65. The molecule has 0 aliphatic heterocycles. The van der Waals surface area contributed by atoms with Gasteiger partial charge in [-0.05, 0) is 40.0 Å². The average Bonchev–Trinajstić information content (AvgIpc) is 2.61. The molecule has 1 aliphatic carbocycles. The van der Waals surface area contributed by atoms with E-state index in [1.165, 1.54) is 49.9 Å². The Morgan fingerprint density at radius 3 is 2.00 bits per heavy atom. The maximum atomic E-state index is 5.96. The molecule has 0 bridgehead atoms. The molecule has 0 aromatic rings. The summed E-state index contributed by atoms with van der Waals surface area (Å²) < 4.78 is 1.29. The van der Waals surface area contributed by atoms with Crippen LogP contribution in [0, 0.1) is 5.92 Å². The summed E-state index contributed by atoms with van der Waals surface area (Å²) in [5.74, 6) is 0.893. The zero-order valence-electron chi connectivity index (χ0n) is 10.1. The molecule has 1 aliphatic rings. The first-order valence-corrected chi connectivity index (χ1v) is 6.26. The fourth-order valence-corrected chi connectivity index (χ4v) is 2.89. The summed E-state index contributed by atoms with van der Waals surface area (Å²) in [4.78, 5) is 0. The zero-order chi connectivity index (χ0) is 10.6. The summed E-state index contributed by atoms with van der Waals surface area (Å²) in [5, 5.41) is 0. The Hall–Kier alpha value is -0.0800. The Morgan fingerprint density at radius 1 is 1.07 bits per heavy atom. The molecule has 0 aromatic carbocycles. The molecule has 2 nitrogen and oxygen atoms in total. The van der Waals surface area contributed by atoms with E-state index in [1.54, 1.807) is 0 Å². The Bertz CT molecular complexity index is 155. The van der Waals surface area contributed by atoms with Gasteiger partial charge in [0, 0.05) is 12.0 Å². The molecule has 1 fully saturated rings. The van der Waals surface area contributed by atoms with Gasteiger partial charge in [-0.3, -0.25) is 0 Å². The molecule has 1 rings (SSSR count). The van der Waals surface area contributed by atoms with Gasteiger partial charge in [0.05, 0.1) is 26.2 Å². The van der Waals surface area contributed by atoms with Gasteiger partial charge in [0.2, 0.25) is 0 Å². The third-order valence-corrected chi connectivity index (χ3v) is 4.24. The van der Waals surface area contributed by atoms with Crippen molar-refractivity contribution in [1.29, 1.82) is 0 Å². The van der Waals surface area contributed by atoms with E-state index in [-0.39, 0.29) is 0 Å². The zero-order valence-corrected chi connectivity index (χ0v) is 10.1. The van der Waals surface area contributed by atoms with Gasteiger partial charge in [-0.25, -0.2) is 0 Å². The highest BCUT2D eigenvalue weighted by molar-refractivity contribution is 4.77. The summed E-state index contributed by atoms with van der Waals surface area (Å²) in [6.07, 6.45) is 3.88. The fraction of sp³-hybridized carbons (Fsp3) is 1.00. The van der Waals surface area contributed by atoms with E-state index >= 15 is 0 Å². The Kier molecular flexibility index (Phi) is 4.39. The van der Waals surface area contributed by atoms with Gasteiger partial charge in [0.1, 0.15) is 0 Å². The van der Waals surface area contributed by atoms with E-state index in [2.05, 4.69) is 20.8 Å². The van der Waals surface area contributed by atoms with Gasteiger partial charge in [-0.2, -0.15) is 0 Å². The predicted molar refractivity (Wildman–Crippen MR) is 62.1 cm³/mol. The number of hydrogen-bond acceptors (Lipinski definition) is 1. The molecule has 0 spiro atoms. The quantitative estimate of drug-likeness (QED) is 0.673. The summed E-state index contributed by atoms with van der Waals surface area (Å²) in [5.41, 5.74) is 5.96. The molecule has 84 valence electrons. The van der Waals surface area contributed by atoms with Crippen LogP contribution in [0.3, 0.4) is 0 Å². The van der Waals surface area contributed by atoms with Crippen molar-refractivity contribution in [2.75, 3.05) is 26.2 Å². The van der Waals surface area contributed by atoms with Crippen LogP contribution in [0.15, 0.2) is 0 Å². The molecule has 1 saturated carbocycles. The van der Waals surface area contributed by atoms with Gasteiger partial charge in [0.15, 0.2) is 0 Å². The molecular formula is C12H27N2+. The molecule has 2 heteroatoms. The van der Waals surface area contributed by atoms with Crippen molar-refractivity contribution < 1.29 is 4.48 Å². The Morgan fingerprint density at radius 2 is 1.64 bits per heavy atom. The summed E-state index contributed by atoms with van der Waals surface area (Å²) in [7, 11) is 0. The summed E-state index contributed by atoms with van der Waals surface area (Å²) in [6, 6.07) is 0.493. The first kappa shape index (κ1) is 12.0. The number of rotatable bonds is 5. The topological polar surface area (TPSA) is 26.0 Å². The van der Waals surface area contributed by atoms with Crippen molar-refractivity contribution in [3.63, 3.8) is 0 Å². The maximum Gasteiger partial charge on any atom is 0.0815 e. The van der Waals surface area contributed by atoms with Gasteiger partial charge >= 0.3 is 0 Å². The lowest BCUT2D eigenvalue weighted by Gasteiger charge is -2.38. The smallest absolute Gasteiger partial charge is 0.0815 e. The van der Waals surface area contributed by atoms with Crippen LogP contribution in [-0.2, 0) is 0 Å². The molecule has 14 heavy (non-hydrogen) atoms. The molecule has 0 heterocycles. The highest BCUT2D eigenvalue weighted by Crippen LogP contribution is 2.27. The molecule has 0 aromatic heterocycles. The molecule has 2 unspecified atom stereocenters. The molecule has 0 radical (unpaired) electrons. The Labute approximate surface area is 89.1 Å². The third kappa shape index (κ3) is 2.71. The molecule has 0 saturated heterocycles. The molecule has 2 N–H and O–H groups in total. The van der Waals surface area contributed by atoms with Gasteiger partial charge in [0.25, 0.3) is 0 Å². The van der Waals surface area contributed by atoms with E-state index in [0.717, 1.165) is 5.92 Å². The van der Waals surface area contributed by atoms with Crippen LogP contribution in [0.2, 0.25) is 0 Å². The second kappa shape index (κ2) is 5.13. The molecule has 0 amide bonds. The predicted octanol–water partition coefficient (Wildman–Crippen LogP) is 1.99. The molecule has 2 atom stereocenters. The summed E-state index contributed by atoms with van der Waals surface area (Å²) >= 11 is 0. The van der Waals surface area contributed by atoms with Gasteiger partial charge in [-0.1, -0.05) is 0 Å². The summed E-state index contributed by atoms with van der Waals surface area (Å²) in [6.45, 7) is 12.2. The van der Waals surface area contributed by atoms with E-state index in [4.69, 9.17) is 5.73 Å². The number of quaternary nitrogens is 1. The minimum Gasteiger partial charge on any atom is -0.328 e. The van der Waals surface area contributed by atoms with E-state index < -0.39 is 0 Å². The van der Waals surface area contributed by atoms with Crippen molar-refractivity contribution in [3.8, 4) is 0 Å². The SMILES string of the molecule is CC[N+](CC)(CC)CC1CCC(N)C1. The standard InChI is InChI=1S/C12H27N2/c1-4-14(5-2,6-3)10-11-7-8-12(13)9-11/h11-12H,4-10,13H2,1-3H3/q+1. The van der Waals surface area contributed by atoms with Crippen LogP contribution in [-0.4, -0.2) is 36.7 Å². The molecular weight excluding hydrogens is 172 g/mol. The Balaban J connectivity index is 2.47. The average molecular weight is 199 g/mol. The normalized spacial score (nSPS) is 28.3. The van der Waals surface area contributed by atoms with Crippen molar-refractivity contribution in [2.24, 2.45) is 11.7 Å². The van der Waals surface area contributed by atoms with Gasteiger partial charge < -0.3 is 10.2 Å². The number of hydrogen-bond donors (Lipinski definition) is 1. The van der Waals surface area contributed by atoms with Crippen LogP contribution >= 0.6 is 0 Å². The van der Waals surface area contributed by atoms with Crippen LogP contribution < -0.4 is 5.73 Å². The monoisotopic (exact) mass is 199 g/mol. The van der Waals surface area contributed by atoms with Crippen molar-refractivity contribution in [1.82, 2.24) is 0 Å². The van der Waals surface area contributed by atoms with Crippen molar-refractivity contribution in [2.45, 2.75) is 46.1 Å². The lowest BCUT2D eigenvalue weighted by Crippen LogP contribution is -2.50. The second-order valence-corrected chi connectivity index (χ2v) is 4.91. The fourth-order valence-electron chi connectivity index (χ4n) is 2.89. The number of nitrogens with zero attached hydrogens (tertiary/aromatic N) is 1.